The first-order valence-corrected chi connectivity index (χ1v) is 8.52. The number of benzene rings is 1. The summed E-state index contributed by atoms with van der Waals surface area (Å²) in [7, 11) is 0. The summed E-state index contributed by atoms with van der Waals surface area (Å²) in [5.41, 5.74) is 1.22. The van der Waals surface area contributed by atoms with Crippen LogP contribution in [-0.2, 0) is 9.47 Å². The lowest BCUT2D eigenvalue weighted by Gasteiger charge is -2.43. The fourth-order valence-electron chi connectivity index (χ4n) is 3.73. The Kier molecular flexibility index (Phi) is 3.59. The van der Waals surface area contributed by atoms with Crippen LogP contribution in [0.4, 0.5) is 5.69 Å². The highest BCUT2D eigenvalue weighted by Gasteiger charge is 2.42. The Morgan fingerprint density at radius 3 is 2.62 bits per heavy atom. The maximum atomic E-state index is 5.83. The highest BCUT2D eigenvalue weighted by molar-refractivity contribution is 9.10. The van der Waals surface area contributed by atoms with Crippen LogP contribution in [0.5, 0.6) is 5.75 Å². The second kappa shape index (κ2) is 5.45. The fraction of sp³-hybridized carbons (Fsp3) is 0.625. The van der Waals surface area contributed by atoms with E-state index in [9.17, 15) is 0 Å². The topological polar surface area (TPSA) is 30.9 Å². The minimum Gasteiger partial charge on any atom is -0.490 e. The molecule has 2 heterocycles. The van der Waals surface area contributed by atoms with Crippen LogP contribution >= 0.6 is 15.9 Å². The molecule has 2 fully saturated rings. The Bertz CT molecular complexity index is 520. The lowest BCUT2D eigenvalue weighted by Crippen LogP contribution is -2.47. The predicted molar refractivity (Wildman–Crippen MR) is 83.9 cm³/mol. The second-order valence-electron chi connectivity index (χ2n) is 5.99. The van der Waals surface area contributed by atoms with E-state index in [2.05, 4.69) is 39.0 Å². The largest absolute Gasteiger partial charge is 0.490 e. The Morgan fingerprint density at radius 2 is 1.86 bits per heavy atom. The number of hydrogen-bond donors (Lipinski definition) is 0. The monoisotopic (exact) mass is 353 g/mol. The smallest absolute Gasteiger partial charge is 0.168 e. The van der Waals surface area contributed by atoms with Gasteiger partial charge in [0.05, 0.1) is 25.4 Å². The fourth-order valence-corrected chi connectivity index (χ4v) is 4.07. The van der Waals surface area contributed by atoms with Crippen molar-refractivity contribution in [2.45, 2.75) is 37.5 Å². The molecule has 5 heteroatoms. The molecule has 0 unspecified atom stereocenters. The molecule has 2 aliphatic heterocycles. The lowest BCUT2D eigenvalue weighted by atomic mass is 9.88. The molecule has 0 aromatic heterocycles. The van der Waals surface area contributed by atoms with Gasteiger partial charge in [0.15, 0.2) is 5.79 Å². The number of ether oxygens (including phenoxy) is 3. The number of rotatable bonds is 1. The maximum Gasteiger partial charge on any atom is 0.168 e. The van der Waals surface area contributed by atoms with Gasteiger partial charge in [-0.25, -0.2) is 0 Å². The summed E-state index contributed by atoms with van der Waals surface area (Å²) >= 11 is 3.52. The molecule has 1 aromatic carbocycles. The molecule has 0 atom stereocenters. The van der Waals surface area contributed by atoms with E-state index in [1.54, 1.807) is 0 Å². The molecule has 1 saturated heterocycles. The van der Waals surface area contributed by atoms with Crippen molar-refractivity contribution in [1.29, 1.82) is 0 Å². The molecule has 0 bridgehead atoms. The first-order valence-electron chi connectivity index (χ1n) is 7.73. The van der Waals surface area contributed by atoms with Gasteiger partial charge in [0.25, 0.3) is 0 Å². The van der Waals surface area contributed by atoms with E-state index in [0.717, 1.165) is 62.3 Å². The zero-order valence-corrected chi connectivity index (χ0v) is 13.6. The molecule has 0 N–H and O–H groups in total. The summed E-state index contributed by atoms with van der Waals surface area (Å²) in [6.07, 6.45) is 4.24. The van der Waals surface area contributed by atoms with Gasteiger partial charge in [-0.2, -0.15) is 0 Å². The molecular weight excluding hydrogens is 334 g/mol. The molecule has 21 heavy (non-hydrogen) atoms. The van der Waals surface area contributed by atoms with Crippen LogP contribution in [0.3, 0.4) is 0 Å². The summed E-state index contributed by atoms with van der Waals surface area (Å²) in [6, 6.07) is 6.88. The van der Waals surface area contributed by atoms with Gasteiger partial charge in [0, 0.05) is 23.4 Å². The SMILES string of the molecule is Brc1ccc2c(c1)OCCN2C1CCC2(CC1)OCCO2. The van der Waals surface area contributed by atoms with Crippen LogP contribution in [0.25, 0.3) is 0 Å². The molecule has 0 amide bonds. The zero-order chi connectivity index (χ0) is 14.3. The standard InChI is InChI=1S/C16H20BrNO3/c17-12-1-2-14-15(11-12)19-8-7-18(14)13-3-5-16(6-4-13)20-9-10-21-16/h1-2,11,13H,3-10H2. The average Bonchev–Trinajstić information content (AvgIpc) is 2.95. The van der Waals surface area contributed by atoms with Crippen molar-refractivity contribution >= 4 is 21.6 Å². The maximum absolute atomic E-state index is 5.83. The van der Waals surface area contributed by atoms with Gasteiger partial charge in [-0.05, 0) is 31.0 Å². The van der Waals surface area contributed by atoms with Crippen molar-refractivity contribution in [1.82, 2.24) is 0 Å². The second-order valence-corrected chi connectivity index (χ2v) is 6.91. The average molecular weight is 354 g/mol. The van der Waals surface area contributed by atoms with E-state index in [1.807, 2.05) is 0 Å². The molecule has 3 aliphatic rings. The first kappa shape index (κ1) is 13.9. The molecular formula is C16H20BrNO3. The quantitative estimate of drug-likeness (QED) is 0.774. The number of hydrogen-bond acceptors (Lipinski definition) is 4. The molecule has 1 saturated carbocycles. The van der Waals surface area contributed by atoms with Crippen molar-refractivity contribution in [3.05, 3.63) is 22.7 Å². The van der Waals surface area contributed by atoms with Crippen molar-refractivity contribution in [3.8, 4) is 5.75 Å². The Morgan fingerprint density at radius 1 is 1.10 bits per heavy atom. The van der Waals surface area contributed by atoms with Crippen molar-refractivity contribution < 1.29 is 14.2 Å². The number of anilines is 1. The molecule has 0 radical (unpaired) electrons. The van der Waals surface area contributed by atoms with Gasteiger partial charge in [-0.1, -0.05) is 15.9 Å². The van der Waals surface area contributed by atoms with Gasteiger partial charge in [0.1, 0.15) is 12.4 Å². The number of fused-ring (bicyclic) bond motifs is 1. The molecule has 1 spiro atoms. The third kappa shape index (κ3) is 2.56. The van der Waals surface area contributed by atoms with Crippen LogP contribution in [0.2, 0.25) is 0 Å². The van der Waals surface area contributed by atoms with E-state index in [0.29, 0.717) is 6.04 Å². The van der Waals surface area contributed by atoms with Crippen LogP contribution < -0.4 is 9.64 Å². The Balaban J connectivity index is 1.51. The van der Waals surface area contributed by atoms with Crippen molar-refractivity contribution in [2.24, 2.45) is 0 Å². The number of halogens is 1. The number of nitrogens with zero attached hydrogens (tertiary/aromatic N) is 1. The van der Waals surface area contributed by atoms with E-state index < -0.39 is 0 Å². The van der Waals surface area contributed by atoms with Gasteiger partial charge in [-0.15, -0.1) is 0 Å². The minimum atomic E-state index is -0.272. The zero-order valence-electron chi connectivity index (χ0n) is 12.0. The summed E-state index contributed by atoms with van der Waals surface area (Å²) in [5.74, 6) is 0.718. The Labute approximate surface area is 133 Å². The van der Waals surface area contributed by atoms with E-state index >= 15 is 0 Å². The van der Waals surface area contributed by atoms with Gasteiger partial charge < -0.3 is 19.1 Å². The van der Waals surface area contributed by atoms with Gasteiger partial charge in [0.2, 0.25) is 0 Å². The van der Waals surface area contributed by atoms with Crippen molar-refractivity contribution in [2.75, 3.05) is 31.3 Å². The van der Waals surface area contributed by atoms with Crippen molar-refractivity contribution in [3.63, 3.8) is 0 Å². The summed E-state index contributed by atoms with van der Waals surface area (Å²) in [4.78, 5) is 2.51. The highest BCUT2D eigenvalue weighted by atomic mass is 79.9. The third-order valence-electron chi connectivity index (χ3n) is 4.79. The van der Waals surface area contributed by atoms with E-state index in [-0.39, 0.29) is 5.79 Å². The molecule has 4 nitrogen and oxygen atoms in total. The highest BCUT2D eigenvalue weighted by Crippen LogP contribution is 2.41. The normalized spacial score (nSPS) is 24.9. The van der Waals surface area contributed by atoms with Crippen LogP contribution in [0, 0.1) is 0 Å². The Hall–Kier alpha value is -0.780. The molecule has 4 rings (SSSR count). The van der Waals surface area contributed by atoms with Crippen LogP contribution in [-0.4, -0.2) is 38.2 Å². The third-order valence-corrected chi connectivity index (χ3v) is 5.29. The van der Waals surface area contributed by atoms with Crippen LogP contribution in [0.15, 0.2) is 22.7 Å². The summed E-state index contributed by atoms with van der Waals surface area (Å²) in [5, 5.41) is 0. The van der Waals surface area contributed by atoms with E-state index in [1.165, 1.54) is 5.69 Å². The van der Waals surface area contributed by atoms with Gasteiger partial charge >= 0.3 is 0 Å². The summed E-state index contributed by atoms with van der Waals surface area (Å²) in [6.45, 7) is 3.23. The molecule has 114 valence electrons. The first-order chi connectivity index (χ1) is 10.3. The molecule has 1 aromatic rings. The van der Waals surface area contributed by atoms with E-state index in [4.69, 9.17) is 14.2 Å². The minimum absolute atomic E-state index is 0.272. The molecule has 1 aliphatic carbocycles. The van der Waals surface area contributed by atoms with Gasteiger partial charge in [-0.3, -0.25) is 0 Å². The predicted octanol–water partition coefficient (Wildman–Crippen LogP) is 3.33. The summed E-state index contributed by atoms with van der Waals surface area (Å²) < 4.78 is 18.5. The lowest BCUT2D eigenvalue weighted by molar-refractivity contribution is -0.178. The van der Waals surface area contributed by atoms with Crippen LogP contribution in [0.1, 0.15) is 25.7 Å².